The molecule has 1 fully saturated rings. The number of hydrogen-bond acceptors (Lipinski definition) is 4. The first-order valence-corrected chi connectivity index (χ1v) is 11.6. The van der Waals surface area contributed by atoms with Gasteiger partial charge >= 0.3 is 0 Å². The Morgan fingerprint density at radius 2 is 1.52 bits per heavy atom. The van der Waals surface area contributed by atoms with E-state index in [2.05, 4.69) is 20.5 Å². The van der Waals surface area contributed by atoms with Crippen molar-refractivity contribution in [2.75, 3.05) is 24.5 Å². The average molecular weight is 443 g/mol. The molecule has 0 bridgehead atoms. The van der Waals surface area contributed by atoms with Gasteiger partial charge in [-0.05, 0) is 53.8 Å². The quantitative estimate of drug-likeness (QED) is 0.576. The second-order valence-corrected chi connectivity index (χ2v) is 8.33. The highest BCUT2D eigenvalue weighted by atomic mass is 16.2. The highest BCUT2D eigenvalue weighted by molar-refractivity contribution is 5.96. The van der Waals surface area contributed by atoms with Crippen LogP contribution in [0, 0.1) is 0 Å². The third-order valence-electron chi connectivity index (χ3n) is 5.89. The summed E-state index contributed by atoms with van der Waals surface area (Å²) in [5.74, 6) is 0.477. The summed E-state index contributed by atoms with van der Waals surface area (Å²) in [6.45, 7) is 2.40. The third-order valence-corrected chi connectivity index (χ3v) is 5.89. The molecule has 0 radical (unpaired) electrons. The van der Waals surface area contributed by atoms with E-state index < -0.39 is 0 Å². The molecule has 0 aliphatic carbocycles. The number of aromatic nitrogens is 1. The largest absolute Gasteiger partial charge is 0.357 e. The fourth-order valence-corrected chi connectivity index (χ4v) is 4.01. The molecule has 6 nitrogen and oxygen atoms in total. The molecule has 1 saturated heterocycles. The van der Waals surface area contributed by atoms with Crippen molar-refractivity contribution in [2.24, 2.45) is 0 Å². The third kappa shape index (κ3) is 6.42. The van der Waals surface area contributed by atoms with Crippen molar-refractivity contribution in [1.29, 1.82) is 0 Å². The lowest BCUT2D eigenvalue weighted by Gasteiger charge is -2.21. The molecule has 2 aromatic carbocycles. The van der Waals surface area contributed by atoms with Gasteiger partial charge in [0.05, 0.1) is 6.54 Å². The van der Waals surface area contributed by atoms with Gasteiger partial charge in [-0.1, -0.05) is 55.3 Å². The van der Waals surface area contributed by atoms with E-state index >= 15 is 0 Å². The van der Waals surface area contributed by atoms with E-state index in [4.69, 9.17) is 0 Å². The zero-order chi connectivity index (χ0) is 22.9. The van der Waals surface area contributed by atoms with Crippen LogP contribution in [0.5, 0.6) is 0 Å². The lowest BCUT2D eigenvalue weighted by molar-refractivity contribution is -0.120. The minimum Gasteiger partial charge on any atom is -0.357 e. The number of nitrogens with zero attached hydrogens (tertiary/aromatic N) is 2. The van der Waals surface area contributed by atoms with Crippen LogP contribution in [-0.4, -0.2) is 36.4 Å². The fourth-order valence-electron chi connectivity index (χ4n) is 4.01. The van der Waals surface area contributed by atoms with E-state index in [1.165, 1.54) is 25.7 Å². The first kappa shape index (κ1) is 22.5. The topological polar surface area (TPSA) is 74.3 Å². The standard InChI is InChI=1S/C27H30N4O2/c32-26(29-19-21-14-15-28-25(18-21)31-16-6-1-2-7-17-31)20-30-27(33)24-12-10-23(11-13-24)22-8-4-3-5-9-22/h3-5,8-15,18H,1-2,6-7,16-17,19-20H2,(H,29,32)(H,30,33). The number of rotatable bonds is 7. The number of anilines is 1. The van der Waals surface area contributed by atoms with Crippen molar-refractivity contribution in [3.8, 4) is 11.1 Å². The number of benzene rings is 2. The molecule has 2 amide bonds. The summed E-state index contributed by atoms with van der Waals surface area (Å²) in [7, 11) is 0. The predicted molar refractivity (Wildman–Crippen MR) is 131 cm³/mol. The van der Waals surface area contributed by atoms with Gasteiger partial charge in [-0.2, -0.15) is 0 Å². The second kappa shape index (κ2) is 11.3. The van der Waals surface area contributed by atoms with E-state index in [1.807, 2.05) is 54.6 Å². The Balaban J connectivity index is 1.25. The lowest BCUT2D eigenvalue weighted by Crippen LogP contribution is -2.36. The van der Waals surface area contributed by atoms with Gasteiger partial charge in [0.1, 0.15) is 5.82 Å². The molecule has 33 heavy (non-hydrogen) atoms. The van der Waals surface area contributed by atoms with Gasteiger partial charge < -0.3 is 15.5 Å². The number of pyridine rings is 1. The first-order chi connectivity index (χ1) is 16.2. The number of amides is 2. The maximum Gasteiger partial charge on any atom is 0.251 e. The van der Waals surface area contributed by atoms with Gasteiger partial charge in [0, 0.05) is 31.4 Å². The molecule has 1 aromatic heterocycles. The Bertz CT molecular complexity index is 1060. The van der Waals surface area contributed by atoms with Crippen LogP contribution in [0.15, 0.2) is 72.9 Å². The van der Waals surface area contributed by atoms with Crippen LogP contribution in [0.25, 0.3) is 11.1 Å². The number of carbonyl (C=O) groups is 2. The van der Waals surface area contributed by atoms with Crippen molar-refractivity contribution in [1.82, 2.24) is 15.6 Å². The summed E-state index contributed by atoms with van der Waals surface area (Å²) in [6.07, 6.45) is 6.72. The smallest absolute Gasteiger partial charge is 0.251 e. The molecule has 4 rings (SSSR count). The van der Waals surface area contributed by atoms with E-state index in [-0.39, 0.29) is 18.4 Å². The van der Waals surface area contributed by atoms with Gasteiger partial charge in [-0.3, -0.25) is 9.59 Å². The van der Waals surface area contributed by atoms with Crippen LogP contribution >= 0.6 is 0 Å². The molecular formula is C27H30N4O2. The fraction of sp³-hybridized carbons (Fsp3) is 0.296. The van der Waals surface area contributed by atoms with Gasteiger partial charge in [0.25, 0.3) is 5.91 Å². The highest BCUT2D eigenvalue weighted by Crippen LogP contribution is 2.20. The molecule has 2 heterocycles. The minimum atomic E-state index is -0.267. The van der Waals surface area contributed by atoms with E-state index in [0.717, 1.165) is 35.6 Å². The summed E-state index contributed by atoms with van der Waals surface area (Å²) in [5.41, 5.74) is 3.67. The molecule has 3 aromatic rings. The van der Waals surface area contributed by atoms with Crippen LogP contribution in [0.1, 0.15) is 41.6 Å². The summed E-state index contributed by atoms with van der Waals surface area (Å²) in [4.78, 5) is 31.5. The summed E-state index contributed by atoms with van der Waals surface area (Å²) in [5, 5.41) is 5.57. The molecule has 1 aliphatic rings. The molecule has 0 unspecified atom stereocenters. The number of nitrogens with one attached hydrogen (secondary N) is 2. The predicted octanol–water partition coefficient (Wildman–Crippen LogP) is 4.18. The summed E-state index contributed by atoms with van der Waals surface area (Å²) in [6, 6.07) is 21.3. The number of hydrogen-bond donors (Lipinski definition) is 2. The van der Waals surface area contributed by atoms with Crippen LogP contribution in [0.3, 0.4) is 0 Å². The molecule has 0 saturated carbocycles. The molecular weight excluding hydrogens is 412 g/mol. The molecule has 2 N–H and O–H groups in total. The summed E-state index contributed by atoms with van der Waals surface area (Å²) >= 11 is 0. The Morgan fingerprint density at radius 3 is 2.24 bits per heavy atom. The van der Waals surface area contributed by atoms with E-state index in [1.54, 1.807) is 18.3 Å². The van der Waals surface area contributed by atoms with Crippen molar-refractivity contribution >= 4 is 17.6 Å². The lowest BCUT2D eigenvalue weighted by atomic mass is 10.0. The monoisotopic (exact) mass is 442 g/mol. The zero-order valence-corrected chi connectivity index (χ0v) is 18.8. The highest BCUT2D eigenvalue weighted by Gasteiger charge is 2.12. The SMILES string of the molecule is O=C(CNC(=O)c1ccc(-c2ccccc2)cc1)NCc1ccnc(N2CCCCCC2)c1. The van der Waals surface area contributed by atoms with Crippen molar-refractivity contribution in [3.63, 3.8) is 0 Å². The number of carbonyl (C=O) groups excluding carboxylic acids is 2. The van der Waals surface area contributed by atoms with Gasteiger partial charge in [-0.15, -0.1) is 0 Å². The van der Waals surface area contributed by atoms with E-state index in [0.29, 0.717) is 12.1 Å². The van der Waals surface area contributed by atoms with Gasteiger partial charge in [-0.25, -0.2) is 4.98 Å². The molecule has 0 atom stereocenters. The maximum atomic E-state index is 12.4. The van der Waals surface area contributed by atoms with Gasteiger partial charge in [0.15, 0.2) is 0 Å². The Labute approximate surface area is 195 Å². The van der Waals surface area contributed by atoms with Gasteiger partial charge in [0.2, 0.25) is 5.91 Å². The van der Waals surface area contributed by atoms with Crippen LogP contribution < -0.4 is 15.5 Å². The summed E-state index contributed by atoms with van der Waals surface area (Å²) < 4.78 is 0. The molecule has 6 heteroatoms. The minimum absolute atomic E-state index is 0.0661. The molecule has 1 aliphatic heterocycles. The molecule has 0 spiro atoms. The van der Waals surface area contributed by atoms with Crippen LogP contribution in [0.2, 0.25) is 0 Å². The Morgan fingerprint density at radius 1 is 0.818 bits per heavy atom. The van der Waals surface area contributed by atoms with Crippen LogP contribution in [0.4, 0.5) is 5.82 Å². The van der Waals surface area contributed by atoms with Crippen molar-refractivity contribution < 1.29 is 9.59 Å². The molecule has 170 valence electrons. The average Bonchev–Trinajstić information content (AvgIpc) is 3.17. The zero-order valence-electron chi connectivity index (χ0n) is 18.8. The Kier molecular flexibility index (Phi) is 7.69. The Hall–Kier alpha value is -3.67. The normalized spacial score (nSPS) is 13.8. The van der Waals surface area contributed by atoms with Crippen molar-refractivity contribution in [3.05, 3.63) is 84.1 Å². The van der Waals surface area contributed by atoms with Crippen LogP contribution in [-0.2, 0) is 11.3 Å². The van der Waals surface area contributed by atoms with Crippen molar-refractivity contribution in [2.45, 2.75) is 32.2 Å². The van der Waals surface area contributed by atoms with E-state index in [9.17, 15) is 9.59 Å². The second-order valence-electron chi connectivity index (χ2n) is 8.33. The maximum absolute atomic E-state index is 12.4. The first-order valence-electron chi connectivity index (χ1n) is 11.6.